The SMILES string of the molecule is Cc1cccc(CNS(=O)(=O)CCN2C(=O)c3ccccc3C2=O)c1. The topological polar surface area (TPSA) is 83.6 Å². The second-order valence-electron chi connectivity index (χ2n) is 5.94. The minimum absolute atomic E-state index is 0.171. The Hall–Kier alpha value is -2.51. The molecule has 7 heteroatoms. The molecule has 0 unspecified atom stereocenters. The van der Waals surface area contributed by atoms with E-state index in [2.05, 4.69) is 4.72 Å². The van der Waals surface area contributed by atoms with Crippen LogP contribution >= 0.6 is 0 Å². The summed E-state index contributed by atoms with van der Waals surface area (Å²) < 4.78 is 26.8. The van der Waals surface area contributed by atoms with Crippen molar-refractivity contribution in [2.45, 2.75) is 13.5 Å². The Morgan fingerprint density at radius 2 is 1.60 bits per heavy atom. The number of hydrogen-bond acceptors (Lipinski definition) is 4. The van der Waals surface area contributed by atoms with Gasteiger partial charge in [0.05, 0.1) is 16.9 Å². The lowest BCUT2D eigenvalue weighted by atomic mass is 10.1. The molecule has 2 aromatic rings. The zero-order chi connectivity index (χ0) is 18.0. The van der Waals surface area contributed by atoms with Crippen LogP contribution in [0.4, 0.5) is 0 Å². The Kier molecular flexibility index (Phi) is 4.69. The minimum atomic E-state index is -3.61. The number of imide groups is 1. The largest absolute Gasteiger partial charge is 0.273 e. The van der Waals surface area contributed by atoms with Crippen LogP contribution in [0.5, 0.6) is 0 Å². The van der Waals surface area contributed by atoms with Crippen molar-refractivity contribution in [3.63, 3.8) is 0 Å². The second-order valence-corrected chi connectivity index (χ2v) is 7.86. The summed E-state index contributed by atoms with van der Waals surface area (Å²) in [6, 6.07) is 14.0. The van der Waals surface area contributed by atoms with Crippen molar-refractivity contribution in [1.29, 1.82) is 0 Å². The smallest absolute Gasteiger partial charge is 0.261 e. The molecular formula is C18H18N2O4S. The molecule has 25 heavy (non-hydrogen) atoms. The summed E-state index contributed by atoms with van der Waals surface area (Å²) in [5.74, 6) is -1.23. The quantitative estimate of drug-likeness (QED) is 0.797. The number of carbonyl (C=O) groups is 2. The van der Waals surface area contributed by atoms with Gasteiger partial charge in [0.1, 0.15) is 0 Å². The Bertz CT molecular complexity index is 903. The van der Waals surface area contributed by atoms with Crippen molar-refractivity contribution in [3.8, 4) is 0 Å². The molecule has 0 spiro atoms. The maximum absolute atomic E-state index is 12.2. The van der Waals surface area contributed by atoms with E-state index in [1.807, 2.05) is 31.2 Å². The van der Waals surface area contributed by atoms with E-state index in [-0.39, 0.29) is 18.8 Å². The van der Waals surface area contributed by atoms with Crippen LogP contribution in [-0.2, 0) is 16.6 Å². The molecule has 2 amide bonds. The number of nitrogens with zero attached hydrogens (tertiary/aromatic N) is 1. The third kappa shape index (κ3) is 3.78. The van der Waals surface area contributed by atoms with E-state index in [9.17, 15) is 18.0 Å². The van der Waals surface area contributed by atoms with Gasteiger partial charge in [0, 0.05) is 13.1 Å². The van der Waals surface area contributed by atoms with E-state index in [0.29, 0.717) is 11.1 Å². The number of sulfonamides is 1. The summed E-state index contributed by atoms with van der Waals surface area (Å²) in [7, 11) is -3.61. The Morgan fingerprint density at radius 3 is 2.20 bits per heavy atom. The Labute approximate surface area is 146 Å². The lowest BCUT2D eigenvalue weighted by Gasteiger charge is -2.14. The minimum Gasteiger partial charge on any atom is -0.273 e. The summed E-state index contributed by atoms with van der Waals surface area (Å²) in [6.07, 6.45) is 0. The molecule has 0 aliphatic carbocycles. The maximum Gasteiger partial charge on any atom is 0.261 e. The summed E-state index contributed by atoms with van der Waals surface area (Å²) >= 11 is 0. The molecule has 0 bridgehead atoms. The number of rotatable bonds is 6. The first kappa shape index (κ1) is 17.3. The van der Waals surface area contributed by atoms with Gasteiger partial charge in [-0.2, -0.15) is 0 Å². The average molecular weight is 358 g/mol. The fourth-order valence-corrected chi connectivity index (χ4v) is 3.70. The number of nitrogens with one attached hydrogen (secondary N) is 1. The lowest BCUT2D eigenvalue weighted by Crippen LogP contribution is -2.37. The van der Waals surface area contributed by atoms with Gasteiger partial charge in [-0.15, -0.1) is 0 Å². The van der Waals surface area contributed by atoms with Crippen molar-refractivity contribution in [2.75, 3.05) is 12.3 Å². The van der Waals surface area contributed by atoms with Crippen LogP contribution in [0.2, 0.25) is 0 Å². The van der Waals surface area contributed by atoms with Gasteiger partial charge in [-0.1, -0.05) is 42.0 Å². The highest BCUT2D eigenvalue weighted by Gasteiger charge is 2.35. The number of aryl methyl sites for hydroxylation is 1. The van der Waals surface area contributed by atoms with Crippen molar-refractivity contribution in [3.05, 3.63) is 70.8 Å². The first-order valence-corrected chi connectivity index (χ1v) is 9.51. The molecule has 1 aliphatic rings. The van der Waals surface area contributed by atoms with Gasteiger partial charge in [0.2, 0.25) is 10.0 Å². The van der Waals surface area contributed by atoms with Crippen molar-refractivity contribution < 1.29 is 18.0 Å². The van der Waals surface area contributed by atoms with Crippen LogP contribution in [-0.4, -0.2) is 37.4 Å². The zero-order valence-corrected chi connectivity index (χ0v) is 14.5. The van der Waals surface area contributed by atoms with E-state index in [1.165, 1.54) is 0 Å². The summed E-state index contributed by atoms with van der Waals surface area (Å²) in [4.78, 5) is 25.4. The highest BCUT2D eigenvalue weighted by Crippen LogP contribution is 2.22. The molecule has 1 heterocycles. The summed E-state index contributed by atoms with van der Waals surface area (Å²) in [5, 5.41) is 0. The Morgan fingerprint density at radius 1 is 0.960 bits per heavy atom. The van der Waals surface area contributed by atoms with Gasteiger partial charge in [0.15, 0.2) is 0 Å². The monoisotopic (exact) mass is 358 g/mol. The molecule has 0 atom stereocenters. The van der Waals surface area contributed by atoms with Gasteiger partial charge in [0.25, 0.3) is 11.8 Å². The first-order chi connectivity index (χ1) is 11.9. The average Bonchev–Trinajstić information content (AvgIpc) is 2.83. The van der Waals surface area contributed by atoms with E-state index < -0.39 is 21.8 Å². The molecule has 3 rings (SSSR count). The normalized spacial score (nSPS) is 14.0. The first-order valence-electron chi connectivity index (χ1n) is 7.85. The van der Waals surface area contributed by atoms with Crippen LogP contribution in [0.15, 0.2) is 48.5 Å². The molecule has 0 fully saturated rings. The summed E-state index contributed by atoms with van der Waals surface area (Å²) in [5.41, 5.74) is 2.53. The van der Waals surface area contributed by atoms with Crippen LogP contribution in [0.3, 0.4) is 0 Å². The van der Waals surface area contributed by atoms with E-state index >= 15 is 0 Å². The maximum atomic E-state index is 12.2. The third-order valence-corrected chi connectivity index (χ3v) is 5.34. The fourth-order valence-electron chi connectivity index (χ4n) is 2.74. The molecule has 0 radical (unpaired) electrons. The van der Waals surface area contributed by atoms with Gasteiger partial charge in [-0.3, -0.25) is 14.5 Å². The molecule has 1 aliphatic heterocycles. The molecule has 0 saturated heterocycles. The highest BCUT2D eigenvalue weighted by atomic mass is 32.2. The van der Waals surface area contributed by atoms with E-state index in [4.69, 9.17) is 0 Å². The number of carbonyl (C=O) groups excluding carboxylic acids is 2. The molecular weight excluding hydrogens is 340 g/mol. The number of benzene rings is 2. The van der Waals surface area contributed by atoms with E-state index in [0.717, 1.165) is 16.0 Å². The van der Waals surface area contributed by atoms with Crippen LogP contribution in [0.25, 0.3) is 0 Å². The second kappa shape index (κ2) is 6.78. The van der Waals surface area contributed by atoms with Crippen molar-refractivity contribution >= 4 is 21.8 Å². The van der Waals surface area contributed by atoms with Gasteiger partial charge >= 0.3 is 0 Å². The summed E-state index contributed by atoms with van der Waals surface area (Å²) in [6.45, 7) is 1.93. The lowest BCUT2D eigenvalue weighted by molar-refractivity contribution is 0.0664. The molecule has 130 valence electrons. The number of hydrogen-bond donors (Lipinski definition) is 1. The predicted octanol–water partition coefficient (Wildman–Crippen LogP) is 1.71. The molecule has 2 aromatic carbocycles. The Balaban J connectivity index is 1.61. The van der Waals surface area contributed by atoms with Crippen LogP contribution < -0.4 is 4.72 Å². The van der Waals surface area contributed by atoms with Crippen molar-refractivity contribution in [2.24, 2.45) is 0 Å². The zero-order valence-electron chi connectivity index (χ0n) is 13.7. The predicted molar refractivity (Wildman–Crippen MR) is 93.6 cm³/mol. The van der Waals surface area contributed by atoms with Gasteiger partial charge in [-0.25, -0.2) is 13.1 Å². The fraction of sp³-hybridized carbons (Fsp3) is 0.222. The van der Waals surface area contributed by atoms with Crippen LogP contribution in [0.1, 0.15) is 31.8 Å². The molecule has 0 saturated carbocycles. The number of fused-ring (bicyclic) bond motifs is 1. The standard InChI is InChI=1S/C18H18N2O4S/c1-13-5-4-6-14(11-13)12-19-25(23,24)10-9-20-17(21)15-7-2-3-8-16(15)18(20)22/h2-8,11,19H,9-10,12H2,1H3. The van der Waals surface area contributed by atoms with Gasteiger partial charge < -0.3 is 0 Å². The third-order valence-electron chi connectivity index (χ3n) is 4.04. The molecule has 6 nitrogen and oxygen atoms in total. The van der Waals surface area contributed by atoms with Crippen LogP contribution in [0, 0.1) is 6.92 Å². The van der Waals surface area contributed by atoms with E-state index in [1.54, 1.807) is 24.3 Å². The van der Waals surface area contributed by atoms with Gasteiger partial charge in [-0.05, 0) is 24.6 Å². The highest BCUT2D eigenvalue weighted by molar-refractivity contribution is 7.89. The van der Waals surface area contributed by atoms with Crippen molar-refractivity contribution in [1.82, 2.24) is 9.62 Å². The number of amides is 2. The molecule has 0 aromatic heterocycles. The molecule has 1 N–H and O–H groups in total.